The molecule has 0 radical (unpaired) electrons. The van der Waals surface area contributed by atoms with Crippen molar-refractivity contribution in [2.24, 2.45) is 0 Å². The second kappa shape index (κ2) is 6.41. The topological polar surface area (TPSA) is 64.1 Å². The summed E-state index contributed by atoms with van der Waals surface area (Å²) in [5, 5.41) is 5.56. The monoisotopic (exact) mass is 377 g/mol. The average molecular weight is 378 g/mol. The second-order valence-electron chi connectivity index (χ2n) is 4.61. The predicted molar refractivity (Wildman–Crippen MR) is 90.4 cm³/mol. The first-order valence-corrected chi connectivity index (χ1v) is 8.18. The first kappa shape index (κ1) is 14.9. The van der Waals surface area contributed by atoms with Gasteiger partial charge in [-0.2, -0.15) is 0 Å². The van der Waals surface area contributed by atoms with Crippen LogP contribution in [0, 0.1) is 6.92 Å². The van der Waals surface area contributed by atoms with Gasteiger partial charge in [-0.3, -0.25) is 4.79 Å². The van der Waals surface area contributed by atoms with Crippen molar-refractivity contribution in [1.29, 1.82) is 0 Å². The molecule has 1 aromatic carbocycles. The van der Waals surface area contributed by atoms with Gasteiger partial charge in [-0.05, 0) is 42.1 Å². The Morgan fingerprint density at radius 3 is 3.05 bits per heavy atom. The zero-order valence-corrected chi connectivity index (χ0v) is 14.1. The lowest BCUT2D eigenvalue weighted by Crippen LogP contribution is -2.21. The van der Waals surface area contributed by atoms with Gasteiger partial charge < -0.3 is 10.1 Å². The third-order valence-corrected chi connectivity index (χ3v) is 4.34. The van der Waals surface area contributed by atoms with Gasteiger partial charge in [0.05, 0.1) is 5.39 Å². The van der Waals surface area contributed by atoms with Crippen LogP contribution in [0.4, 0.5) is 5.69 Å². The molecule has 0 saturated carbocycles. The summed E-state index contributed by atoms with van der Waals surface area (Å²) in [6.45, 7) is 1.83. The van der Waals surface area contributed by atoms with Gasteiger partial charge in [-0.15, -0.1) is 11.3 Å². The molecule has 0 aliphatic carbocycles. The SMILES string of the molecule is Cc1cc(Br)ccc1NC(=O)COc1ncnc2sccc12. The lowest BCUT2D eigenvalue weighted by atomic mass is 10.2. The number of nitrogens with one attached hydrogen (secondary N) is 1. The van der Waals surface area contributed by atoms with Crippen LogP contribution >= 0.6 is 27.3 Å². The molecule has 0 unspecified atom stereocenters. The summed E-state index contributed by atoms with van der Waals surface area (Å²) in [5.74, 6) is 0.196. The first-order valence-electron chi connectivity index (χ1n) is 6.50. The Kier molecular flexibility index (Phi) is 4.35. The van der Waals surface area contributed by atoms with Crippen molar-refractivity contribution in [2.45, 2.75) is 6.92 Å². The van der Waals surface area contributed by atoms with Crippen LogP contribution in [0.1, 0.15) is 5.56 Å². The Morgan fingerprint density at radius 2 is 2.23 bits per heavy atom. The smallest absolute Gasteiger partial charge is 0.262 e. The maximum atomic E-state index is 12.0. The quantitative estimate of drug-likeness (QED) is 0.751. The number of anilines is 1. The first-order chi connectivity index (χ1) is 10.6. The minimum Gasteiger partial charge on any atom is -0.467 e. The maximum Gasteiger partial charge on any atom is 0.262 e. The number of nitrogens with zero attached hydrogens (tertiary/aromatic N) is 2. The number of ether oxygens (including phenoxy) is 1. The lowest BCUT2D eigenvalue weighted by molar-refractivity contribution is -0.118. The molecule has 5 nitrogen and oxygen atoms in total. The van der Waals surface area contributed by atoms with E-state index >= 15 is 0 Å². The Balaban J connectivity index is 1.66. The third-order valence-electron chi connectivity index (χ3n) is 3.03. The largest absolute Gasteiger partial charge is 0.467 e. The fraction of sp³-hybridized carbons (Fsp3) is 0.133. The van der Waals surface area contributed by atoms with Gasteiger partial charge in [0.25, 0.3) is 5.91 Å². The van der Waals surface area contributed by atoms with E-state index in [1.807, 2.05) is 36.6 Å². The number of fused-ring (bicyclic) bond motifs is 1. The Morgan fingerprint density at radius 1 is 1.36 bits per heavy atom. The molecule has 0 fully saturated rings. The molecule has 1 N–H and O–H groups in total. The minimum absolute atomic E-state index is 0.0997. The highest BCUT2D eigenvalue weighted by Gasteiger charge is 2.10. The molecule has 112 valence electrons. The van der Waals surface area contributed by atoms with Crippen LogP contribution in [0.25, 0.3) is 10.2 Å². The summed E-state index contributed by atoms with van der Waals surface area (Å²) in [7, 11) is 0. The molecule has 0 atom stereocenters. The van der Waals surface area contributed by atoms with Gasteiger partial charge in [0.15, 0.2) is 6.61 Å². The van der Waals surface area contributed by atoms with Gasteiger partial charge in [-0.25, -0.2) is 9.97 Å². The molecule has 0 spiro atoms. The number of carbonyl (C=O) groups excluding carboxylic acids is 1. The summed E-state index contributed by atoms with van der Waals surface area (Å²) in [6, 6.07) is 7.55. The van der Waals surface area contributed by atoms with E-state index in [9.17, 15) is 4.79 Å². The number of hydrogen-bond acceptors (Lipinski definition) is 5. The molecule has 0 aliphatic rings. The number of benzene rings is 1. The average Bonchev–Trinajstić information content (AvgIpc) is 2.97. The third kappa shape index (κ3) is 3.26. The van der Waals surface area contributed by atoms with Crippen molar-refractivity contribution in [3.05, 3.63) is 46.0 Å². The van der Waals surface area contributed by atoms with Crippen molar-refractivity contribution in [2.75, 3.05) is 11.9 Å². The van der Waals surface area contributed by atoms with Crippen LogP contribution in [0.2, 0.25) is 0 Å². The standard InChI is InChI=1S/C15H12BrN3O2S/c1-9-6-10(16)2-3-12(9)19-13(20)7-21-14-11-4-5-22-15(11)18-8-17-14/h2-6,8H,7H2,1H3,(H,19,20). The fourth-order valence-corrected chi connectivity index (χ4v) is 3.17. The summed E-state index contributed by atoms with van der Waals surface area (Å²) >= 11 is 4.90. The second-order valence-corrected chi connectivity index (χ2v) is 6.42. The van der Waals surface area contributed by atoms with E-state index in [0.29, 0.717) is 5.88 Å². The molecule has 22 heavy (non-hydrogen) atoms. The number of aromatic nitrogens is 2. The number of halogens is 1. The summed E-state index contributed by atoms with van der Waals surface area (Å²) in [6.07, 6.45) is 1.44. The fourth-order valence-electron chi connectivity index (χ4n) is 1.97. The molecule has 2 aromatic heterocycles. The van der Waals surface area contributed by atoms with Crippen LogP contribution in [-0.2, 0) is 4.79 Å². The van der Waals surface area contributed by atoms with E-state index in [-0.39, 0.29) is 12.5 Å². The van der Waals surface area contributed by atoms with Gasteiger partial charge in [-0.1, -0.05) is 15.9 Å². The van der Waals surface area contributed by atoms with E-state index in [1.165, 1.54) is 17.7 Å². The molecule has 0 aliphatic heterocycles. The van der Waals surface area contributed by atoms with Gasteiger partial charge in [0.1, 0.15) is 11.2 Å². The van der Waals surface area contributed by atoms with Crippen molar-refractivity contribution >= 4 is 49.1 Å². The highest BCUT2D eigenvalue weighted by Crippen LogP contribution is 2.25. The number of carbonyl (C=O) groups is 1. The van der Waals surface area contributed by atoms with Gasteiger partial charge >= 0.3 is 0 Å². The zero-order valence-electron chi connectivity index (χ0n) is 11.7. The summed E-state index contributed by atoms with van der Waals surface area (Å²) in [5.41, 5.74) is 1.74. The number of aryl methyl sites for hydroxylation is 1. The van der Waals surface area contributed by atoms with Crippen molar-refractivity contribution in [1.82, 2.24) is 9.97 Å². The molecule has 2 heterocycles. The predicted octanol–water partition coefficient (Wildman–Crippen LogP) is 3.78. The highest BCUT2D eigenvalue weighted by molar-refractivity contribution is 9.10. The molecule has 3 rings (SSSR count). The highest BCUT2D eigenvalue weighted by atomic mass is 79.9. The Hall–Kier alpha value is -1.99. The molecule has 0 bridgehead atoms. The van der Waals surface area contributed by atoms with E-state index in [4.69, 9.17) is 4.74 Å². The van der Waals surface area contributed by atoms with Crippen molar-refractivity contribution in [3.8, 4) is 5.88 Å². The molecular formula is C15H12BrN3O2S. The Labute approximate surface area is 139 Å². The minimum atomic E-state index is -0.229. The van der Waals surface area contributed by atoms with E-state index in [2.05, 4.69) is 31.2 Å². The van der Waals surface area contributed by atoms with E-state index in [1.54, 1.807) is 0 Å². The lowest BCUT2D eigenvalue weighted by Gasteiger charge is -2.09. The number of rotatable bonds is 4. The molecule has 0 saturated heterocycles. The Bertz CT molecular complexity index is 835. The summed E-state index contributed by atoms with van der Waals surface area (Å²) in [4.78, 5) is 21.1. The number of amides is 1. The van der Waals surface area contributed by atoms with Crippen molar-refractivity contribution < 1.29 is 9.53 Å². The van der Waals surface area contributed by atoms with Gasteiger partial charge in [0, 0.05) is 10.2 Å². The number of thiophene rings is 1. The van der Waals surface area contributed by atoms with Crippen LogP contribution in [-0.4, -0.2) is 22.5 Å². The number of hydrogen-bond donors (Lipinski definition) is 1. The van der Waals surface area contributed by atoms with Crippen molar-refractivity contribution in [3.63, 3.8) is 0 Å². The van der Waals surface area contributed by atoms with Crippen LogP contribution in [0.15, 0.2) is 40.4 Å². The normalized spacial score (nSPS) is 10.6. The van der Waals surface area contributed by atoms with Gasteiger partial charge in [0.2, 0.25) is 5.88 Å². The molecule has 3 aromatic rings. The summed E-state index contributed by atoms with van der Waals surface area (Å²) < 4.78 is 6.48. The zero-order chi connectivity index (χ0) is 15.5. The van der Waals surface area contributed by atoms with Crippen LogP contribution in [0.5, 0.6) is 5.88 Å². The maximum absolute atomic E-state index is 12.0. The van der Waals surface area contributed by atoms with Crippen LogP contribution < -0.4 is 10.1 Å². The molecular weight excluding hydrogens is 366 g/mol. The van der Waals surface area contributed by atoms with E-state index < -0.39 is 0 Å². The van der Waals surface area contributed by atoms with E-state index in [0.717, 1.165) is 25.9 Å². The van der Waals surface area contributed by atoms with Crippen LogP contribution in [0.3, 0.4) is 0 Å². The molecule has 7 heteroatoms. The molecule has 1 amide bonds.